The minimum Gasteiger partial charge on any atom is -0.350 e. The van der Waals surface area contributed by atoms with Gasteiger partial charge in [-0.25, -0.2) is 4.98 Å². The first-order valence-electron chi connectivity index (χ1n) is 5.82. The molecule has 0 aliphatic heterocycles. The molecule has 102 valence electrons. The second kappa shape index (κ2) is 6.28. The van der Waals surface area contributed by atoms with Crippen LogP contribution in [0.2, 0.25) is 0 Å². The summed E-state index contributed by atoms with van der Waals surface area (Å²) < 4.78 is 5.01. The summed E-state index contributed by atoms with van der Waals surface area (Å²) in [5, 5.41) is 11.0. The Morgan fingerprint density at radius 2 is 2.16 bits per heavy atom. The van der Waals surface area contributed by atoms with Crippen molar-refractivity contribution in [2.45, 2.75) is 26.9 Å². The first kappa shape index (κ1) is 13.5. The lowest BCUT2D eigenvalue weighted by Crippen LogP contribution is -2.36. The number of aliphatic imine (C=N–C) groups is 1. The molecule has 0 aromatic carbocycles. The van der Waals surface area contributed by atoms with Crippen molar-refractivity contribution in [1.29, 1.82) is 0 Å². The van der Waals surface area contributed by atoms with Crippen LogP contribution in [0.15, 0.2) is 15.7 Å². The highest BCUT2D eigenvalue weighted by Gasteiger charge is 2.05. The molecule has 0 unspecified atom stereocenters. The summed E-state index contributed by atoms with van der Waals surface area (Å²) in [6.45, 7) is 4.90. The predicted octanol–water partition coefficient (Wildman–Crippen LogP) is 1.01. The van der Waals surface area contributed by atoms with Gasteiger partial charge in [0.2, 0.25) is 5.89 Å². The third-order valence-corrected chi connectivity index (χ3v) is 3.19. The fraction of sp³-hybridized carbons (Fsp3) is 0.455. The molecule has 0 spiro atoms. The van der Waals surface area contributed by atoms with Crippen molar-refractivity contribution < 1.29 is 4.52 Å². The SMILES string of the molecule is CN=C(NCc1nc(C)no1)NCc1ncc(C)s1. The molecular weight excluding hydrogens is 264 g/mol. The van der Waals surface area contributed by atoms with Crippen molar-refractivity contribution in [3.8, 4) is 0 Å². The fourth-order valence-electron chi connectivity index (χ4n) is 1.43. The molecule has 0 amide bonds. The quantitative estimate of drug-likeness (QED) is 0.642. The van der Waals surface area contributed by atoms with E-state index in [9.17, 15) is 0 Å². The van der Waals surface area contributed by atoms with Crippen LogP contribution >= 0.6 is 11.3 Å². The van der Waals surface area contributed by atoms with Gasteiger partial charge in [0.1, 0.15) is 5.01 Å². The zero-order valence-electron chi connectivity index (χ0n) is 11.1. The number of nitrogens with one attached hydrogen (secondary N) is 2. The molecule has 2 rings (SSSR count). The molecule has 2 heterocycles. The van der Waals surface area contributed by atoms with Crippen molar-refractivity contribution in [2.75, 3.05) is 7.05 Å². The lowest BCUT2D eigenvalue weighted by atomic mass is 10.6. The summed E-state index contributed by atoms with van der Waals surface area (Å²) in [4.78, 5) is 13.7. The maximum Gasteiger partial charge on any atom is 0.246 e. The van der Waals surface area contributed by atoms with Crippen LogP contribution in [-0.4, -0.2) is 28.1 Å². The molecule has 0 atom stereocenters. The summed E-state index contributed by atoms with van der Waals surface area (Å²) in [6, 6.07) is 0. The standard InChI is InChI=1S/C11H16N6OS/c1-7-4-13-10(19-7)6-15-11(12-3)14-5-9-16-8(2)17-18-9/h4H,5-6H2,1-3H3,(H2,12,14,15). The molecule has 0 saturated carbocycles. The van der Waals surface area contributed by atoms with Gasteiger partial charge in [0.05, 0.1) is 13.1 Å². The third kappa shape index (κ3) is 4.02. The monoisotopic (exact) mass is 280 g/mol. The Morgan fingerprint density at radius 1 is 1.37 bits per heavy atom. The number of thiazole rings is 1. The van der Waals surface area contributed by atoms with E-state index in [1.165, 1.54) is 4.88 Å². The Kier molecular flexibility index (Phi) is 4.45. The van der Waals surface area contributed by atoms with E-state index in [2.05, 4.69) is 30.8 Å². The normalized spacial score (nSPS) is 11.6. The first-order valence-corrected chi connectivity index (χ1v) is 6.64. The average Bonchev–Trinajstić information content (AvgIpc) is 2.99. The Balaban J connectivity index is 1.80. The van der Waals surface area contributed by atoms with Gasteiger partial charge in [-0.1, -0.05) is 5.16 Å². The molecule has 7 nitrogen and oxygen atoms in total. The van der Waals surface area contributed by atoms with Crippen LogP contribution in [0.4, 0.5) is 0 Å². The molecule has 8 heteroatoms. The van der Waals surface area contributed by atoms with Crippen LogP contribution in [-0.2, 0) is 13.1 Å². The lowest BCUT2D eigenvalue weighted by molar-refractivity contribution is 0.371. The molecule has 0 bridgehead atoms. The maximum absolute atomic E-state index is 5.01. The second-order valence-electron chi connectivity index (χ2n) is 3.88. The van der Waals surface area contributed by atoms with E-state index < -0.39 is 0 Å². The highest BCUT2D eigenvalue weighted by molar-refractivity contribution is 7.11. The van der Waals surface area contributed by atoms with Crippen molar-refractivity contribution in [2.24, 2.45) is 4.99 Å². The van der Waals surface area contributed by atoms with Crippen LogP contribution < -0.4 is 10.6 Å². The summed E-state index contributed by atoms with van der Waals surface area (Å²) in [7, 11) is 1.71. The van der Waals surface area contributed by atoms with Gasteiger partial charge in [0.15, 0.2) is 11.8 Å². The summed E-state index contributed by atoms with van der Waals surface area (Å²) in [5.41, 5.74) is 0. The number of hydrogen-bond donors (Lipinski definition) is 2. The van der Waals surface area contributed by atoms with E-state index >= 15 is 0 Å². The highest BCUT2D eigenvalue weighted by Crippen LogP contribution is 2.10. The number of hydrogen-bond acceptors (Lipinski definition) is 6. The van der Waals surface area contributed by atoms with E-state index in [0.717, 1.165) is 5.01 Å². The largest absolute Gasteiger partial charge is 0.350 e. The molecule has 0 aliphatic rings. The van der Waals surface area contributed by atoms with Gasteiger partial charge < -0.3 is 15.2 Å². The molecular formula is C11H16N6OS. The van der Waals surface area contributed by atoms with Gasteiger partial charge in [-0.2, -0.15) is 4.98 Å². The topological polar surface area (TPSA) is 88.2 Å². The molecule has 19 heavy (non-hydrogen) atoms. The van der Waals surface area contributed by atoms with E-state index in [1.807, 2.05) is 13.1 Å². The lowest BCUT2D eigenvalue weighted by Gasteiger charge is -2.08. The van der Waals surface area contributed by atoms with E-state index in [4.69, 9.17) is 4.52 Å². The average molecular weight is 280 g/mol. The Labute approximate surface area is 115 Å². The van der Waals surface area contributed by atoms with Gasteiger partial charge >= 0.3 is 0 Å². The van der Waals surface area contributed by atoms with Crippen LogP contribution in [0.5, 0.6) is 0 Å². The summed E-state index contributed by atoms with van der Waals surface area (Å²) in [6.07, 6.45) is 1.86. The van der Waals surface area contributed by atoms with Crippen molar-refractivity contribution >= 4 is 17.3 Å². The molecule has 2 aromatic heterocycles. The van der Waals surface area contributed by atoms with Gasteiger partial charge in [-0.15, -0.1) is 11.3 Å². The maximum atomic E-state index is 5.01. The van der Waals surface area contributed by atoms with Gasteiger partial charge in [0.25, 0.3) is 0 Å². The zero-order valence-corrected chi connectivity index (χ0v) is 11.9. The number of nitrogens with zero attached hydrogens (tertiary/aromatic N) is 4. The highest BCUT2D eigenvalue weighted by atomic mass is 32.1. The predicted molar refractivity (Wildman–Crippen MR) is 72.9 cm³/mol. The van der Waals surface area contributed by atoms with Crippen LogP contribution in [0.3, 0.4) is 0 Å². The smallest absolute Gasteiger partial charge is 0.246 e. The molecule has 0 saturated heterocycles. The van der Waals surface area contributed by atoms with Crippen molar-refractivity contribution in [3.05, 3.63) is 27.8 Å². The Morgan fingerprint density at radius 3 is 2.74 bits per heavy atom. The molecule has 2 N–H and O–H groups in total. The van der Waals surface area contributed by atoms with Crippen molar-refractivity contribution in [1.82, 2.24) is 25.8 Å². The summed E-state index contributed by atoms with van der Waals surface area (Å²) >= 11 is 1.66. The molecule has 0 radical (unpaired) electrons. The third-order valence-electron chi connectivity index (χ3n) is 2.28. The van der Waals surface area contributed by atoms with Gasteiger partial charge in [0, 0.05) is 18.1 Å². The number of guanidine groups is 1. The molecule has 0 aliphatic carbocycles. The van der Waals surface area contributed by atoms with E-state index in [1.54, 1.807) is 25.3 Å². The second-order valence-corrected chi connectivity index (χ2v) is 5.20. The minimum absolute atomic E-state index is 0.442. The number of aromatic nitrogens is 3. The summed E-state index contributed by atoms with van der Waals surface area (Å²) in [5.74, 6) is 1.83. The minimum atomic E-state index is 0.442. The molecule has 2 aromatic rings. The first-order chi connectivity index (χ1) is 9.17. The van der Waals surface area contributed by atoms with E-state index in [-0.39, 0.29) is 0 Å². The van der Waals surface area contributed by atoms with Crippen LogP contribution in [0.25, 0.3) is 0 Å². The van der Waals surface area contributed by atoms with Gasteiger partial charge in [-0.3, -0.25) is 4.99 Å². The van der Waals surface area contributed by atoms with Crippen molar-refractivity contribution in [3.63, 3.8) is 0 Å². The number of aryl methyl sites for hydroxylation is 2. The Hall–Kier alpha value is -1.96. The number of rotatable bonds is 4. The van der Waals surface area contributed by atoms with Crippen LogP contribution in [0, 0.1) is 13.8 Å². The molecule has 0 fully saturated rings. The fourth-order valence-corrected chi connectivity index (χ4v) is 2.16. The van der Waals surface area contributed by atoms with Gasteiger partial charge in [-0.05, 0) is 13.8 Å². The van der Waals surface area contributed by atoms with Crippen LogP contribution in [0.1, 0.15) is 21.6 Å². The van der Waals surface area contributed by atoms with E-state index in [0.29, 0.717) is 30.8 Å². The Bertz CT molecular complexity index is 515. The zero-order chi connectivity index (χ0) is 13.7.